The second kappa shape index (κ2) is 2.84. The highest BCUT2D eigenvalue weighted by Crippen LogP contribution is 2.69. The van der Waals surface area contributed by atoms with Crippen LogP contribution in [0, 0.1) is 45.3 Å². The Bertz CT molecular complexity index is 413. The topological polar surface area (TPSA) is 23.8 Å². The molecule has 0 heterocycles. The summed E-state index contributed by atoms with van der Waals surface area (Å²) in [5.74, 6) is 6.89. The maximum absolute atomic E-state index is 8.67. The molecule has 2 unspecified atom stereocenters. The van der Waals surface area contributed by atoms with Gasteiger partial charge in [0.15, 0.2) is 6.07 Å². The quantitative estimate of drug-likeness (QED) is 0.565. The van der Waals surface area contributed by atoms with Crippen LogP contribution in [0.1, 0.15) is 52.4 Å². The van der Waals surface area contributed by atoms with E-state index in [-0.39, 0.29) is 5.41 Å². The first kappa shape index (κ1) is 10.2. The summed E-state index contributed by atoms with van der Waals surface area (Å²) >= 11 is 0. The van der Waals surface area contributed by atoms with Gasteiger partial charge in [-0.15, -0.1) is 0 Å². The lowest BCUT2D eigenvalue weighted by molar-refractivity contribution is -0.120. The molecule has 4 aliphatic rings. The molecular formula is C15H19N. The fourth-order valence-corrected chi connectivity index (χ4v) is 5.75. The molecule has 0 aromatic rings. The van der Waals surface area contributed by atoms with Crippen LogP contribution in [-0.2, 0) is 0 Å². The van der Waals surface area contributed by atoms with Gasteiger partial charge in [-0.25, -0.2) is 0 Å². The molecule has 16 heavy (non-hydrogen) atoms. The van der Waals surface area contributed by atoms with Gasteiger partial charge in [0.2, 0.25) is 0 Å². The predicted molar refractivity (Wildman–Crippen MR) is 63.2 cm³/mol. The summed E-state index contributed by atoms with van der Waals surface area (Å²) in [4.78, 5) is 0. The highest BCUT2D eigenvalue weighted by atomic mass is 14.6. The molecule has 84 valence electrons. The van der Waals surface area contributed by atoms with Crippen LogP contribution < -0.4 is 0 Å². The maximum Gasteiger partial charge on any atom is 0.152 e. The highest BCUT2D eigenvalue weighted by Gasteiger charge is 2.59. The lowest BCUT2D eigenvalue weighted by Gasteiger charge is -2.64. The average molecular weight is 213 g/mol. The van der Waals surface area contributed by atoms with E-state index in [0.717, 1.165) is 5.92 Å². The molecule has 0 aliphatic heterocycles. The van der Waals surface area contributed by atoms with E-state index in [9.17, 15) is 0 Å². The lowest BCUT2D eigenvalue weighted by Crippen LogP contribution is -2.54. The van der Waals surface area contributed by atoms with E-state index < -0.39 is 0 Å². The van der Waals surface area contributed by atoms with Gasteiger partial charge in [0, 0.05) is 11.3 Å². The number of nitrogens with zero attached hydrogens (tertiary/aromatic N) is 1. The average Bonchev–Trinajstić information content (AvgIpc) is 2.08. The van der Waals surface area contributed by atoms with Gasteiger partial charge in [-0.1, -0.05) is 19.8 Å². The second-order valence-corrected chi connectivity index (χ2v) is 7.27. The summed E-state index contributed by atoms with van der Waals surface area (Å²) in [5.41, 5.74) is 1.22. The van der Waals surface area contributed by atoms with Crippen molar-refractivity contribution in [3.8, 4) is 17.9 Å². The molecule has 0 radical (unpaired) electrons. The molecule has 0 spiro atoms. The van der Waals surface area contributed by atoms with Crippen molar-refractivity contribution in [2.24, 2.45) is 22.2 Å². The van der Waals surface area contributed by atoms with Gasteiger partial charge in [-0.3, -0.25) is 0 Å². The Hall–Kier alpha value is -0.950. The zero-order chi connectivity index (χ0) is 11.4. The zero-order valence-corrected chi connectivity index (χ0v) is 10.3. The Morgan fingerprint density at radius 3 is 2.12 bits per heavy atom. The molecular weight excluding hydrogens is 194 g/mol. The fourth-order valence-electron chi connectivity index (χ4n) is 5.75. The summed E-state index contributed by atoms with van der Waals surface area (Å²) in [7, 11) is 0. The van der Waals surface area contributed by atoms with E-state index in [1.807, 2.05) is 6.07 Å². The van der Waals surface area contributed by atoms with E-state index in [1.165, 1.54) is 38.5 Å². The highest BCUT2D eigenvalue weighted by molar-refractivity contribution is 5.27. The van der Waals surface area contributed by atoms with Gasteiger partial charge < -0.3 is 0 Å². The van der Waals surface area contributed by atoms with Crippen molar-refractivity contribution in [2.45, 2.75) is 52.4 Å². The van der Waals surface area contributed by atoms with Crippen molar-refractivity contribution < 1.29 is 0 Å². The normalized spacial score (nSPS) is 52.9. The van der Waals surface area contributed by atoms with Crippen LogP contribution >= 0.6 is 0 Å². The van der Waals surface area contributed by atoms with E-state index >= 15 is 0 Å². The van der Waals surface area contributed by atoms with Crippen molar-refractivity contribution in [1.82, 2.24) is 0 Å². The molecule has 4 bridgehead atoms. The number of nitriles is 1. The number of hydrogen-bond donors (Lipinski definition) is 0. The van der Waals surface area contributed by atoms with Crippen molar-refractivity contribution >= 4 is 0 Å². The molecule has 2 atom stereocenters. The van der Waals surface area contributed by atoms with Gasteiger partial charge in [0.1, 0.15) is 0 Å². The van der Waals surface area contributed by atoms with Crippen LogP contribution in [0.25, 0.3) is 0 Å². The van der Waals surface area contributed by atoms with Gasteiger partial charge in [0.25, 0.3) is 0 Å². The first-order chi connectivity index (χ1) is 7.47. The van der Waals surface area contributed by atoms with Gasteiger partial charge in [-0.2, -0.15) is 5.26 Å². The van der Waals surface area contributed by atoms with Crippen LogP contribution in [0.3, 0.4) is 0 Å². The van der Waals surface area contributed by atoms with Gasteiger partial charge in [0.05, 0.1) is 0 Å². The van der Waals surface area contributed by atoms with Crippen LogP contribution in [0.4, 0.5) is 0 Å². The SMILES string of the molecule is CC12CC3CC(C)(C1)CC(C#CC#N)(C3)C2. The Morgan fingerprint density at radius 2 is 1.62 bits per heavy atom. The fraction of sp³-hybridized carbons (Fsp3) is 0.800. The minimum atomic E-state index is 0.193. The molecule has 0 saturated heterocycles. The molecule has 0 amide bonds. The van der Waals surface area contributed by atoms with Crippen LogP contribution in [0.5, 0.6) is 0 Å². The Morgan fingerprint density at radius 1 is 1.00 bits per heavy atom. The Kier molecular flexibility index (Phi) is 1.81. The van der Waals surface area contributed by atoms with Crippen LogP contribution in [0.15, 0.2) is 0 Å². The lowest BCUT2D eigenvalue weighted by atomic mass is 9.40. The molecule has 0 N–H and O–H groups in total. The second-order valence-electron chi connectivity index (χ2n) is 7.27. The van der Waals surface area contributed by atoms with Gasteiger partial charge in [-0.05, 0) is 55.3 Å². The smallest absolute Gasteiger partial charge is 0.152 e. The van der Waals surface area contributed by atoms with E-state index in [0.29, 0.717) is 10.8 Å². The monoisotopic (exact) mass is 213 g/mol. The predicted octanol–water partition coefficient (Wildman–Crippen LogP) is 3.51. The molecule has 4 rings (SSSR count). The summed E-state index contributed by atoms with van der Waals surface area (Å²) in [6.45, 7) is 4.89. The summed E-state index contributed by atoms with van der Waals surface area (Å²) in [6, 6.07) is 2.01. The van der Waals surface area contributed by atoms with Crippen molar-refractivity contribution in [3.05, 3.63) is 0 Å². The van der Waals surface area contributed by atoms with Gasteiger partial charge >= 0.3 is 0 Å². The maximum atomic E-state index is 8.67. The Balaban J connectivity index is 2.02. The molecule has 0 aromatic carbocycles. The van der Waals surface area contributed by atoms with Crippen LogP contribution in [-0.4, -0.2) is 0 Å². The molecule has 4 aliphatic carbocycles. The van der Waals surface area contributed by atoms with Crippen LogP contribution in [0.2, 0.25) is 0 Å². The third-order valence-electron chi connectivity index (χ3n) is 5.01. The first-order valence-electron chi connectivity index (χ1n) is 6.38. The zero-order valence-electron chi connectivity index (χ0n) is 10.3. The molecule has 0 aromatic heterocycles. The largest absolute Gasteiger partial charge is 0.183 e. The standard InChI is InChI=1S/C15H19N/c1-13-6-12-7-14(2,9-13)11-15(8-12,10-13)4-3-5-16/h12H,6-11H2,1-2H3. The molecule has 1 nitrogen and oxygen atoms in total. The third-order valence-corrected chi connectivity index (χ3v) is 5.01. The summed E-state index contributed by atoms with van der Waals surface area (Å²) in [6.07, 6.45) is 7.91. The molecule has 4 fully saturated rings. The van der Waals surface area contributed by atoms with Crippen molar-refractivity contribution in [1.29, 1.82) is 5.26 Å². The minimum absolute atomic E-state index is 0.193. The van der Waals surface area contributed by atoms with Crippen molar-refractivity contribution in [3.63, 3.8) is 0 Å². The minimum Gasteiger partial charge on any atom is -0.183 e. The van der Waals surface area contributed by atoms with E-state index in [2.05, 4.69) is 25.7 Å². The molecule has 1 heteroatoms. The summed E-state index contributed by atoms with van der Waals surface area (Å²) < 4.78 is 0. The summed E-state index contributed by atoms with van der Waals surface area (Å²) in [5, 5.41) is 8.67. The number of rotatable bonds is 0. The number of hydrogen-bond acceptors (Lipinski definition) is 1. The molecule has 4 saturated carbocycles. The third kappa shape index (κ3) is 1.38. The Labute approximate surface area is 98.2 Å². The first-order valence-corrected chi connectivity index (χ1v) is 6.38. The van der Waals surface area contributed by atoms with E-state index in [1.54, 1.807) is 0 Å². The van der Waals surface area contributed by atoms with E-state index in [4.69, 9.17) is 5.26 Å². The van der Waals surface area contributed by atoms with Crippen molar-refractivity contribution in [2.75, 3.05) is 0 Å².